The Morgan fingerprint density at radius 3 is 2.31 bits per heavy atom. The number of esters is 1. The molecule has 2 rings (SSSR count). The lowest BCUT2D eigenvalue weighted by Crippen LogP contribution is -2.59. The first-order valence-corrected chi connectivity index (χ1v) is 12.0. The third-order valence-corrected chi connectivity index (χ3v) is 6.43. The van der Waals surface area contributed by atoms with Crippen molar-refractivity contribution in [2.45, 2.75) is 58.9 Å². The van der Waals surface area contributed by atoms with Crippen molar-refractivity contribution in [3.63, 3.8) is 0 Å². The molecular formula is C26H41N2O4+. The summed E-state index contributed by atoms with van der Waals surface area (Å²) in [5.41, 5.74) is 1.32. The van der Waals surface area contributed by atoms with Crippen LogP contribution in [0.4, 0.5) is 0 Å². The van der Waals surface area contributed by atoms with E-state index >= 15 is 0 Å². The van der Waals surface area contributed by atoms with Gasteiger partial charge >= 0.3 is 5.97 Å². The number of unbranched alkanes of at least 4 members (excludes halogenated alkanes) is 5. The summed E-state index contributed by atoms with van der Waals surface area (Å²) in [5, 5.41) is 0. The van der Waals surface area contributed by atoms with Gasteiger partial charge in [-0.05, 0) is 56.5 Å². The first-order chi connectivity index (χ1) is 15.5. The number of amides is 1. The molecule has 1 saturated heterocycles. The zero-order valence-corrected chi connectivity index (χ0v) is 20.2. The van der Waals surface area contributed by atoms with Crippen LogP contribution in [0.2, 0.25) is 0 Å². The Morgan fingerprint density at radius 1 is 1.03 bits per heavy atom. The minimum absolute atomic E-state index is 0.143. The second-order valence-corrected chi connectivity index (χ2v) is 8.74. The fourth-order valence-corrected chi connectivity index (χ4v) is 4.21. The number of hydrogen-bond donors (Lipinski definition) is 0. The zero-order valence-electron chi connectivity index (χ0n) is 20.2. The SMILES string of the molecule is CC[N+]1(Cc2ccc(OC)cc2)CCN(C(=O)/C=C/CCCCCCCOC(C)=O)CC1. The van der Waals surface area contributed by atoms with E-state index in [1.165, 1.54) is 12.5 Å². The molecule has 0 bridgehead atoms. The Bertz CT molecular complexity index is 722. The van der Waals surface area contributed by atoms with Crippen LogP contribution >= 0.6 is 0 Å². The van der Waals surface area contributed by atoms with Crippen LogP contribution in [0.3, 0.4) is 0 Å². The summed E-state index contributed by atoms with van der Waals surface area (Å²) in [6.45, 7) is 9.91. The first-order valence-electron chi connectivity index (χ1n) is 12.0. The van der Waals surface area contributed by atoms with Crippen LogP contribution in [0.1, 0.15) is 57.9 Å². The number of rotatable bonds is 13. The maximum absolute atomic E-state index is 12.6. The molecular weight excluding hydrogens is 404 g/mol. The normalized spacial score (nSPS) is 15.7. The molecule has 1 aliphatic rings. The van der Waals surface area contributed by atoms with Gasteiger partial charge in [0.15, 0.2) is 0 Å². The Kier molecular flexibility index (Phi) is 11.3. The van der Waals surface area contributed by atoms with Crippen molar-refractivity contribution < 1.29 is 23.5 Å². The van der Waals surface area contributed by atoms with E-state index in [-0.39, 0.29) is 11.9 Å². The van der Waals surface area contributed by atoms with Gasteiger partial charge in [0.25, 0.3) is 0 Å². The van der Waals surface area contributed by atoms with Crippen LogP contribution in [0.15, 0.2) is 36.4 Å². The second kappa shape index (κ2) is 13.9. The van der Waals surface area contributed by atoms with Gasteiger partial charge in [0.2, 0.25) is 5.91 Å². The third kappa shape index (κ3) is 9.03. The predicted molar refractivity (Wildman–Crippen MR) is 127 cm³/mol. The largest absolute Gasteiger partial charge is 0.497 e. The van der Waals surface area contributed by atoms with E-state index in [9.17, 15) is 9.59 Å². The molecule has 1 aromatic rings. The van der Waals surface area contributed by atoms with Crippen LogP contribution in [0.5, 0.6) is 5.75 Å². The highest BCUT2D eigenvalue weighted by Gasteiger charge is 2.32. The van der Waals surface area contributed by atoms with Crippen molar-refractivity contribution in [1.29, 1.82) is 0 Å². The average molecular weight is 446 g/mol. The number of benzene rings is 1. The van der Waals surface area contributed by atoms with Gasteiger partial charge < -0.3 is 18.9 Å². The van der Waals surface area contributed by atoms with Gasteiger partial charge in [-0.25, -0.2) is 0 Å². The monoisotopic (exact) mass is 445 g/mol. The Balaban J connectivity index is 1.64. The number of carbonyl (C=O) groups excluding carboxylic acids is 2. The van der Waals surface area contributed by atoms with Crippen molar-refractivity contribution in [2.24, 2.45) is 0 Å². The van der Waals surface area contributed by atoms with Crippen LogP contribution in [-0.2, 0) is 20.9 Å². The highest BCUT2D eigenvalue weighted by atomic mass is 16.5. The number of likely N-dealkylation sites (N-methyl/N-ethyl adjacent to an activating group) is 1. The highest BCUT2D eigenvalue weighted by molar-refractivity contribution is 5.87. The van der Waals surface area contributed by atoms with Gasteiger partial charge in [-0.1, -0.05) is 25.3 Å². The summed E-state index contributed by atoms with van der Waals surface area (Å²) in [4.78, 5) is 25.3. The Hall–Kier alpha value is -2.34. The van der Waals surface area contributed by atoms with E-state index in [0.717, 1.165) is 88.0 Å². The predicted octanol–water partition coefficient (Wildman–Crippen LogP) is 4.33. The molecule has 6 heteroatoms. The molecule has 32 heavy (non-hydrogen) atoms. The van der Waals surface area contributed by atoms with Gasteiger partial charge in [-0.15, -0.1) is 0 Å². The van der Waals surface area contributed by atoms with Gasteiger partial charge in [0, 0.05) is 12.5 Å². The number of allylic oxidation sites excluding steroid dienone is 1. The van der Waals surface area contributed by atoms with E-state index in [4.69, 9.17) is 9.47 Å². The van der Waals surface area contributed by atoms with Crippen LogP contribution in [0.25, 0.3) is 0 Å². The molecule has 0 unspecified atom stereocenters. The standard InChI is InChI=1S/C26H41N2O4/c1-4-28(22-24-13-15-25(31-3)16-14-24)19-17-27(18-20-28)26(30)12-10-8-6-5-7-9-11-21-32-23(2)29/h10,12-16H,4-9,11,17-22H2,1-3H3/q+1/b12-10+. The molecule has 6 nitrogen and oxygen atoms in total. The van der Waals surface area contributed by atoms with Crippen molar-refractivity contribution in [1.82, 2.24) is 4.90 Å². The number of methoxy groups -OCH3 is 1. The molecule has 178 valence electrons. The van der Waals surface area contributed by atoms with Crippen molar-refractivity contribution in [2.75, 3.05) is 46.4 Å². The van der Waals surface area contributed by atoms with Gasteiger partial charge in [0.05, 0.1) is 46.4 Å². The summed E-state index contributed by atoms with van der Waals surface area (Å²) < 4.78 is 11.2. The molecule has 0 aliphatic carbocycles. The number of nitrogens with zero attached hydrogens (tertiary/aromatic N) is 2. The molecule has 1 heterocycles. The zero-order chi connectivity index (χ0) is 23.2. The molecule has 0 aromatic heterocycles. The molecule has 0 atom stereocenters. The molecule has 0 N–H and O–H groups in total. The summed E-state index contributed by atoms with van der Waals surface area (Å²) in [7, 11) is 1.69. The Morgan fingerprint density at radius 2 is 1.69 bits per heavy atom. The first kappa shape index (κ1) is 25.9. The molecule has 1 aromatic carbocycles. The minimum atomic E-state index is -0.204. The van der Waals surface area contributed by atoms with Crippen LogP contribution in [-0.4, -0.2) is 67.7 Å². The lowest BCUT2D eigenvalue weighted by atomic mass is 10.1. The van der Waals surface area contributed by atoms with Gasteiger partial charge in [0.1, 0.15) is 12.3 Å². The summed E-state index contributed by atoms with van der Waals surface area (Å²) >= 11 is 0. The lowest BCUT2D eigenvalue weighted by molar-refractivity contribution is -0.942. The van der Waals surface area contributed by atoms with Crippen molar-refractivity contribution >= 4 is 11.9 Å². The number of carbonyl (C=O) groups is 2. The topological polar surface area (TPSA) is 55.8 Å². The lowest BCUT2D eigenvalue weighted by Gasteiger charge is -2.44. The van der Waals surface area contributed by atoms with Gasteiger partial charge in [-0.2, -0.15) is 0 Å². The fourth-order valence-electron chi connectivity index (χ4n) is 4.21. The van der Waals surface area contributed by atoms with Gasteiger partial charge in [-0.3, -0.25) is 9.59 Å². The van der Waals surface area contributed by atoms with E-state index in [1.54, 1.807) is 13.2 Å². The summed E-state index contributed by atoms with van der Waals surface area (Å²) in [5.74, 6) is 0.827. The third-order valence-electron chi connectivity index (χ3n) is 6.43. The number of quaternary nitrogens is 1. The maximum atomic E-state index is 12.6. The second-order valence-electron chi connectivity index (χ2n) is 8.74. The molecule has 1 aliphatic heterocycles. The van der Waals surface area contributed by atoms with Crippen LogP contribution < -0.4 is 4.74 Å². The van der Waals surface area contributed by atoms with Crippen molar-refractivity contribution in [3.05, 3.63) is 42.0 Å². The van der Waals surface area contributed by atoms with Crippen LogP contribution in [0, 0.1) is 0 Å². The molecule has 0 spiro atoms. The minimum Gasteiger partial charge on any atom is -0.497 e. The van der Waals surface area contributed by atoms with E-state index in [2.05, 4.69) is 19.1 Å². The molecule has 0 radical (unpaired) electrons. The highest BCUT2D eigenvalue weighted by Crippen LogP contribution is 2.20. The number of hydrogen-bond acceptors (Lipinski definition) is 4. The molecule has 1 fully saturated rings. The summed E-state index contributed by atoms with van der Waals surface area (Å²) in [6, 6.07) is 8.34. The van der Waals surface area contributed by atoms with E-state index in [0.29, 0.717) is 6.61 Å². The molecule has 1 amide bonds. The molecule has 0 saturated carbocycles. The average Bonchev–Trinajstić information content (AvgIpc) is 2.81. The quantitative estimate of drug-likeness (QED) is 0.196. The number of ether oxygens (including phenoxy) is 2. The smallest absolute Gasteiger partial charge is 0.302 e. The van der Waals surface area contributed by atoms with E-state index in [1.807, 2.05) is 23.1 Å². The summed E-state index contributed by atoms with van der Waals surface area (Å²) in [6.07, 6.45) is 10.1. The maximum Gasteiger partial charge on any atom is 0.302 e. The van der Waals surface area contributed by atoms with Crippen molar-refractivity contribution in [3.8, 4) is 5.75 Å². The Labute approximate surface area is 193 Å². The fraction of sp³-hybridized carbons (Fsp3) is 0.615. The van der Waals surface area contributed by atoms with E-state index < -0.39 is 0 Å². The number of piperazine rings is 1.